The van der Waals surface area contributed by atoms with Gasteiger partial charge < -0.3 is 0 Å². The van der Waals surface area contributed by atoms with Crippen LogP contribution in [0, 0.1) is 5.38 Å². The molecule has 50 valence electrons. The van der Waals surface area contributed by atoms with Gasteiger partial charge in [-0.15, -0.1) is 10.8 Å². The smallest absolute Gasteiger partial charge is 0.294 e. The first-order valence-electron chi connectivity index (χ1n) is 2.77. The molecule has 0 radical (unpaired) electrons. The third-order valence-corrected chi connectivity index (χ3v) is 2.36. The Morgan fingerprint density at radius 2 is 2.27 bits per heavy atom. The number of thiophene rings is 1. The number of hydrogen-bond donors (Lipinski definition) is 0. The summed E-state index contributed by atoms with van der Waals surface area (Å²) in [6.07, 6.45) is 3.44. The van der Waals surface area contributed by atoms with Crippen molar-refractivity contribution in [3.8, 4) is 0 Å². The Morgan fingerprint density at radius 1 is 1.45 bits per heavy atom. The van der Waals surface area contributed by atoms with E-state index in [9.17, 15) is 0 Å². The second-order valence-electron chi connectivity index (χ2n) is 1.90. The fourth-order valence-corrected chi connectivity index (χ4v) is 1.77. The van der Waals surface area contributed by atoms with Gasteiger partial charge in [0.15, 0.2) is 0 Å². The third kappa shape index (κ3) is 1.60. The molecule has 0 saturated carbocycles. The number of pyridine rings is 1. The second-order valence-corrected chi connectivity index (χ2v) is 3.18. The van der Waals surface area contributed by atoms with Crippen molar-refractivity contribution in [3.63, 3.8) is 0 Å². The van der Waals surface area contributed by atoms with E-state index < -0.39 is 0 Å². The molecule has 0 N–H and O–H groups in total. The monoisotopic (exact) mass is 175 g/mol. The number of aromatic nitrogens is 1. The summed E-state index contributed by atoms with van der Waals surface area (Å²) in [5.74, 6) is 0. The van der Waals surface area contributed by atoms with E-state index in [0.717, 1.165) is 10.1 Å². The number of fused-ring (bicyclic) bond motifs is 1. The van der Waals surface area contributed by atoms with Crippen molar-refractivity contribution in [1.82, 2.24) is 4.98 Å². The molecule has 11 heavy (non-hydrogen) atoms. The number of nitrogens with zero attached hydrogens (tertiary/aromatic N) is 1. The molecule has 0 spiro atoms. The fraction of sp³-hybridized carbons (Fsp3) is 0. The largest absolute Gasteiger partial charge is 1.00 e. The Morgan fingerprint density at radius 3 is 3.00 bits per heavy atom. The van der Waals surface area contributed by atoms with E-state index in [4.69, 9.17) is 11.6 Å². The third-order valence-electron chi connectivity index (χ3n) is 1.27. The van der Waals surface area contributed by atoms with Crippen LogP contribution in [0.4, 0.5) is 0 Å². The van der Waals surface area contributed by atoms with Gasteiger partial charge in [-0.3, -0.25) is 16.3 Å². The van der Waals surface area contributed by atoms with E-state index in [1.807, 2.05) is 6.07 Å². The van der Waals surface area contributed by atoms with Crippen LogP contribution < -0.4 is 18.9 Å². The summed E-state index contributed by atoms with van der Waals surface area (Å²) in [6, 6.07) is 1.88. The molecular formula is C7H3ClLiNS. The predicted octanol–water partition coefficient (Wildman–Crippen LogP) is -0.246. The van der Waals surface area contributed by atoms with E-state index in [1.165, 1.54) is 11.3 Å². The van der Waals surface area contributed by atoms with Crippen LogP contribution in [0.2, 0.25) is 5.02 Å². The average Bonchev–Trinajstić information content (AvgIpc) is 2.36. The van der Waals surface area contributed by atoms with Gasteiger partial charge in [0.05, 0.1) is 0 Å². The SMILES string of the molecule is Clc1cncc2s[c-]cc12.[Li+]. The molecule has 2 aromatic heterocycles. The van der Waals surface area contributed by atoms with Crippen molar-refractivity contribution >= 4 is 33.0 Å². The molecular weight excluding hydrogens is 173 g/mol. The molecule has 0 saturated heterocycles. The van der Waals surface area contributed by atoms with Gasteiger partial charge in [0.1, 0.15) is 0 Å². The first-order valence-corrected chi connectivity index (χ1v) is 3.96. The van der Waals surface area contributed by atoms with Crippen molar-refractivity contribution in [3.05, 3.63) is 28.9 Å². The molecule has 2 rings (SSSR count). The maximum Gasteiger partial charge on any atom is 1.00 e. The normalized spacial score (nSPS) is 9.55. The quantitative estimate of drug-likeness (QED) is 0.398. The van der Waals surface area contributed by atoms with Gasteiger partial charge in [0.2, 0.25) is 0 Å². The maximum absolute atomic E-state index is 5.82. The van der Waals surface area contributed by atoms with Crippen molar-refractivity contribution in [2.75, 3.05) is 0 Å². The number of rotatable bonds is 0. The Labute approximate surface area is 85.6 Å². The molecule has 0 atom stereocenters. The zero-order chi connectivity index (χ0) is 6.97. The summed E-state index contributed by atoms with van der Waals surface area (Å²) < 4.78 is 1.09. The summed E-state index contributed by atoms with van der Waals surface area (Å²) in [4.78, 5) is 3.94. The van der Waals surface area contributed by atoms with E-state index >= 15 is 0 Å². The minimum Gasteiger partial charge on any atom is -0.294 e. The van der Waals surface area contributed by atoms with Crippen LogP contribution in [0.5, 0.6) is 0 Å². The summed E-state index contributed by atoms with van der Waals surface area (Å²) in [5, 5.41) is 4.74. The molecule has 2 aromatic rings. The summed E-state index contributed by atoms with van der Waals surface area (Å²) in [6.45, 7) is 0. The van der Waals surface area contributed by atoms with Gasteiger partial charge >= 0.3 is 18.9 Å². The molecule has 0 amide bonds. The summed E-state index contributed by atoms with van der Waals surface area (Å²) in [7, 11) is 0. The summed E-state index contributed by atoms with van der Waals surface area (Å²) in [5.41, 5.74) is 0. The molecule has 0 bridgehead atoms. The van der Waals surface area contributed by atoms with Gasteiger partial charge in [-0.05, 0) is 6.20 Å². The van der Waals surface area contributed by atoms with Gasteiger partial charge in [-0.25, -0.2) is 0 Å². The van der Waals surface area contributed by atoms with Gasteiger partial charge in [-0.2, -0.15) is 6.07 Å². The first-order chi connectivity index (χ1) is 4.88. The van der Waals surface area contributed by atoms with Crippen molar-refractivity contribution in [2.45, 2.75) is 0 Å². The maximum atomic E-state index is 5.82. The van der Waals surface area contributed by atoms with Crippen LogP contribution in [0.1, 0.15) is 0 Å². The van der Waals surface area contributed by atoms with Crippen molar-refractivity contribution in [1.29, 1.82) is 0 Å². The van der Waals surface area contributed by atoms with Crippen LogP contribution in [0.15, 0.2) is 18.5 Å². The van der Waals surface area contributed by atoms with Crippen LogP contribution in [0.25, 0.3) is 10.1 Å². The van der Waals surface area contributed by atoms with Crippen LogP contribution in [-0.4, -0.2) is 4.98 Å². The molecule has 0 aromatic carbocycles. The Hall–Kier alpha value is -0.00260. The van der Waals surface area contributed by atoms with Gasteiger partial charge in [0.25, 0.3) is 0 Å². The topological polar surface area (TPSA) is 12.9 Å². The molecule has 4 heteroatoms. The van der Waals surface area contributed by atoms with Gasteiger partial charge in [0, 0.05) is 11.2 Å². The van der Waals surface area contributed by atoms with Gasteiger partial charge in [-0.1, -0.05) is 16.3 Å². The molecule has 0 aliphatic rings. The standard InChI is InChI=1S/C7H3ClNS.Li/c8-6-3-9-4-7-5(6)1-2-10-7;/h1,3-4H;/q-1;+1. The molecule has 0 aliphatic heterocycles. The minimum absolute atomic E-state index is 0. The van der Waals surface area contributed by atoms with E-state index in [-0.39, 0.29) is 18.9 Å². The van der Waals surface area contributed by atoms with Crippen LogP contribution in [0.3, 0.4) is 0 Å². The minimum atomic E-state index is 0. The number of hydrogen-bond acceptors (Lipinski definition) is 2. The molecule has 0 unspecified atom stereocenters. The van der Waals surface area contributed by atoms with Crippen molar-refractivity contribution in [2.24, 2.45) is 0 Å². The fourth-order valence-electron chi connectivity index (χ4n) is 0.800. The van der Waals surface area contributed by atoms with E-state index in [1.54, 1.807) is 12.4 Å². The first kappa shape index (κ1) is 9.09. The van der Waals surface area contributed by atoms with E-state index in [2.05, 4.69) is 10.4 Å². The molecule has 2 heterocycles. The Kier molecular flexibility index (Phi) is 2.97. The molecule has 0 aliphatic carbocycles. The zero-order valence-corrected chi connectivity index (χ0v) is 7.54. The Balaban J connectivity index is 0.000000605. The zero-order valence-electron chi connectivity index (χ0n) is 5.97. The number of halogens is 1. The van der Waals surface area contributed by atoms with E-state index in [0.29, 0.717) is 5.02 Å². The van der Waals surface area contributed by atoms with Crippen LogP contribution >= 0.6 is 22.9 Å². The predicted molar refractivity (Wildman–Crippen MR) is 43.5 cm³/mol. The molecule has 0 fully saturated rings. The Bertz CT molecular complexity index is 360. The van der Waals surface area contributed by atoms with Crippen molar-refractivity contribution < 1.29 is 18.9 Å². The van der Waals surface area contributed by atoms with Crippen LogP contribution in [-0.2, 0) is 0 Å². The summed E-state index contributed by atoms with van der Waals surface area (Å²) >= 11 is 7.35. The average molecular weight is 176 g/mol. The molecule has 1 nitrogen and oxygen atoms in total. The second kappa shape index (κ2) is 3.60.